The van der Waals surface area contributed by atoms with E-state index in [0.717, 1.165) is 12.2 Å². The van der Waals surface area contributed by atoms with Crippen molar-refractivity contribution in [1.82, 2.24) is 20.5 Å². The second-order valence-electron chi connectivity index (χ2n) is 3.90. The summed E-state index contributed by atoms with van der Waals surface area (Å²) >= 11 is 1.35. The summed E-state index contributed by atoms with van der Waals surface area (Å²) in [5.41, 5.74) is 0. The van der Waals surface area contributed by atoms with Crippen molar-refractivity contribution in [2.24, 2.45) is 5.92 Å². The molecule has 5 nitrogen and oxygen atoms in total. The Labute approximate surface area is 99.8 Å². The molecule has 2 N–H and O–H groups in total. The van der Waals surface area contributed by atoms with Crippen LogP contribution in [0.2, 0.25) is 0 Å². The van der Waals surface area contributed by atoms with Gasteiger partial charge in [-0.2, -0.15) is 0 Å². The third-order valence-corrected chi connectivity index (χ3v) is 2.73. The van der Waals surface area contributed by atoms with Gasteiger partial charge >= 0.3 is 0 Å². The Bertz CT molecular complexity index is 337. The van der Waals surface area contributed by atoms with E-state index in [2.05, 4.69) is 34.3 Å². The van der Waals surface area contributed by atoms with E-state index in [9.17, 15) is 4.79 Å². The van der Waals surface area contributed by atoms with E-state index < -0.39 is 0 Å². The number of aromatic nitrogens is 3. The first-order chi connectivity index (χ1) is 7.61. The molecule has 0 saturated carbocycles. The number of nitrogens with one attached hydrogen (secondary N) is 2. The van der Waals surface area contributed by atoms with Crippen molar-refractivity contribution >= 4 is 17.7 Å². The number of rotatable bonds is 6. The molecule has 0 atom stereocenters. The van der Waals surface area contributed by atoms with Gasteiger partial charge in [-0.3, -0.25) is 9.89 Å². The van der Waals surface area contributed by atoms with Gasteiger partial charge in [-0.1, -0.05) is 32.5 Å². The van der Waals surface area contributed by atoms with Crippen LogP contribution in [0.25, 0.3) is 0 Å². The molecule has 0 aliphatic carbocycles. The van der Waals surface area contributed by atoms with E-state index >= 15 is 0 Å². The van der Waals surface area contributed by atoms with Gasteiger partial charge in [0, 0.05) is 13.0 Å². The quantitative estimate of drug-likeness (QED) is 0.736. The smallest absolute Gasteiger partial charge is 0.230 e. The van der Waals surface area contributed by atoms with E-state index in [-0.39, 0.29) is 5.91 Å². The van der Waals surface area contributed by atoms with Crippen LogP contribution >= 0.6 is 11.8 Å². The van der Waals surface area contributed by atoms with Crippen LogP contribution in [0.1, 0.15) is 26.6 Å². The van der Waals surface area contributed by atoms with Crippen LogP contribution in [0, 0.1) is 5.92 Å². The molecule has 0 radical (unpaired) electrons. The minimum atomic E-state index is 0.0292. The molecule has 1 aromatic heterocycles. The van der Waals surface area contributed by atoms with Crippen LogP contribution in [-0.2, 0) is 11.2 Å². The molecule has 0 unspecified atom stereocenters. The highest BCUT2D eigenvalue weighted by molar-refractivity contribution is 7.99. The molecule has 0 fully saturated rings. The Kier molecular flexibility index (Phi) is 5.31. The highest BCUT2D eigenvalue weighted by atomic mass is 32.2. The molecule has 1 aromatic rings. The number of thioether (sulfide) groups is 1. The Morgan fingerprint density at radius 1 is 1.56 bits per heavy atom. The summed E-state index contributed by atoms with van der Waals surface area (Å²) in [5.74, 6) is 1.73. The van der Waals surface area contributed by atoms with Gasteiger partial charge in [0.05, 0.1) is 5.75 Å². The van der Waals surface area contributed by atoms with Crippen LogP contribution in [-0.4, -0.2) is 33.4 Å². The standard InChI is InChI=1S/C10H18N4OS/c1-4-8-12-10(14-13-8)16-6-9(15)11-5-7(2)3/h7H,4-6H2,1-3H3,(H,11,15)(H,12,13,14). The monoisotopic (exact) mass is 242 g/mol. The highest BCUT2D eigenvalue weighted by Gasteiger charge is 2.06. The lowest BCUT2D eigenvalue weighted by Gasteiger charge is -2.05. The van der Waals surface area contributed by atoms with Crippen LogP contribution in [0.5, 0.6) is 0 Å². The average Bonchev–Trinajstić information content (AvgIpc) is 2.71. The molecule has 16 heavy (non-hydrogen) atoms. The number of H-pyrrole nitrogens is 1. The van der Waals surface area contributed by atoms with Crippen LogP contribution in [0.15, 0.2) is 5.16 Å². The van der Waals surface area contributed by atoms with E-state index in [4.69, 9.17) is 0 Å². The lowest BCUT2D eigenvalue weighted by Crippen LogP contribution is -2.28. The van der Waals surface area contributed by atoms with Gasteiger partial charge in [0.15, 0.2) is 0 Å². The number of aromatic amines is 1. The predicted octanol–water partition coefficient (Wildman–Crippen LogP) is 1.23. The van der Waals surface area contributed by atoms with E-state index in [1.54, 1.807) is 0 Å². The first-order valence-corrected chi connectivity index (χ1v) is 6.41. The van der Waals surface area contributed by atoms with Crippen molar-refractivity contribution in [1.29, 1.82) is 0 Å². The molecule has 90 valence electrons. The van der Waals surface area contributed by atoms with Gasteiger partial charge in [-0.25, -0.2) is 4.98 Å². The summed E-state index contributed by atoms with van der Waals surface area (Å²) in [5, 5.41) is 10.3. The second kappa shape index (κ2) is 6.52. The Morgan fingerprint density at radius 3 is 2.88 bits per heavy atom. The van der Waals surface area contributed by atoms with E-state index in [0.29, 0.717) is 23.4 Å². The number of amides is 1. The molecular weight excluding hydrogens is 224 g/mol. The van der Waals surface area contributed by atoms with Gasteiger partial charge in [-0.05, 0) is 5.92 Å². The summed E-state index contributed by atoms with van der Waals surface area (Å²) in [6, 6.07) is 0. The second-order valence-corrected chi connectivity index (χ2v) is 4.85. The first-order valence-electron chi connectivity index (χ1n) is 5.42. The molecule has 1 heterocycles. The topological polar surface area (TPSA) is 70.7 Å². The van der Waals surface area contributed by atoms with Crippen molar-refractivity contribution < 1.29 is 4.79 Å². The summed E-state index contributed by atoms with van der Waals surface area (Å²) < 4.78 is 0. The largest absolute Gasteiger partial charge is 0.355 e. The maximum absolute atomic E-state index is 11.4. The fourth-order valence-corrected chi connectivity index (χ4v) is 1.65. The number of nitrogens with zero attached hydrogens (tertiary/aromatic N) is 2. The van der Waals surface area contributed by atoms with Crippen LogP contribution in [0.4, 0.5) is 0 Å². The van der Waals surface area contributed by atoms with Crippen molar-refractivity contribution in [3.63, 3.8) is 0 Å². The average molecular weight is 242 g/mol. The lowest BCUT2D eigenvalue weighted by molar-refractivity contribution is -0.118. The van der Waals surface area contributed by atoms with Gasteiger partial charge < -0.3 is 5.32 Å². The normalized spacial score (nSPS) is 10.8. The fraction of sp³-hybridized carbons (Fsp3) is 0.700. The number of hydrogen-bond acceptors (Lipinski definition) is 4. The Hall–Kier alpha value is -1.04. The Balaban J connectivity index is 2.26. The minimum absolute atomic E-state index is 0.0292. The Morgan fingerprint density at radius 2 is 2.31 bits per heavy atom. The summed E-state index contributed by atoms with van der Waals surface area (Å²) in [6.45, 7) is 6.85. The predicted molar refractivity (Wildman–Crippen MR) is 64.3 cm³/mol. The number of carbonyl (C=O) groups is 1. The number of aryl methyl sites for hydroxylation is 1. The SMILES string of the molecule is CCc1nc(SCC(=O)NCC(C)C)n[nH]1. The van der Waals surface area contributed by atoms with Gasteiger partial charge in [0.25, 0.3) is 0 Å². The van der Waals surface area contributed by atoms with Gasteiger partial charge in [-0.15, -0.1) is 5.10 Å². The zero-order valence-corrected chi connectivity index (χ0v) is 10.7. The fourth-order valence-electron chi connectivity index (χ4n) is 1.000. The third kappa shape index (κ3) is 4.65. The first kappa shape index (κ1) is 13.0. The van der Waals surface area contributed by atoms with Gasteiger partial charge in [0.1, 0.15) is 5.82 Å². The number of carbonyl (C=O) groups excluding carboxylic acids is 1. The lowest BCUT2D eigenvalue weighted by atomic mass is 10.2. The molecule has 6 heteroatoms. The maximum Gasteiger partial charge on any atom is 0.230 e. The minimum Gasteiger partial charge on any atom is -0.355 e. The van der Waals surface area contributed by atoms with Crippen LogP contribution < -0.4 is 5.32 Å². The van der Waals surface area contributed by atoms with Crippen molar-refractivity contribution in [3.8, 4) is 0 Å². The third-order valence-electron chi connectivity index (χ3n) is 1.89. The summed E-state index contributed by atoms with van der Waals surface area (Å²) in [7, 11) is 0. The molecule has 0 saturated heterocycles. The molecule has 0 aliphatic heterocycles. The highest BCUT2D eigenvalue weighted by Crippen LogP contribution is 2.11. The van der Waals surface area contributed by atoms with E-state index in [1.807, 2.05) is 6.92 Å². The van der Waals surface area contributed by atoms with Crippen molar-refractivity contribution in [3.05, 3.63) is 5.82 Å². The summed E-state index contributed by atoms with van der Waals surface area (Å²) in [4.78, 5) is 15.6. The molecule has 1 amide bonds. The molecule has 0 bridgehead atoms. The molecule has 0 aliphatic rings. The zero-order valence-electron chi connectivity index (χ0n) is 9.91. The van der Waals surface area contributed by atoms with E-state index in [1.165, 1.54) is 11.8 Å². The van der Waals surface area contributed by atoms with Crippen molar-refractivity contribution in [2.75, 3.05) is 12.3 Å². The van der Waals surface area contributed by atoms with Crippen LogP contribution in [0.3, 0.4) is 0 Å². The van der Waals surface area contributed by atoms with Gasteiger partial charge in [0.2, 0.25) is 11.1 Å². The number of hydrogen-bond donors (Lipinski definition) is 2. The molecule has 1 rings (SSSR count). The molecule has 0 aromatic carbocycles. The molecule has 0 spiro atoms. The maximum atomic E-state index is 11.4. The zero-order chi connectivity index (χ0) is 12.0. The summed E-state index contributed by atoms with van der Waals surface area (Å²) in [6.07, 6.45) is 0.826. The molecular formula is C10H18N4OS. The van der Waals surface area contributed by atoms with Crippen molar-refractivity contribution in [2.45, 2.75) is 32.3 Å².